The van der Waals surface area contributed by atoms with Crippen molar-refractivity contribution in [3.05, 3.63) is 33.4 Å². The Morgan fingerprint density at radius 2 is 2.00 bits per heavy atom. The van der Waals surface area contributed by atoms with Crippen molar-refractivity contribution in [3.63, 3.8) is 0 Å². The van der Waals surface area contributed by atoms with Gasteiger partial charge in [-0.15, -0.1) is 0 Å². The number of benzene rings is 1. The van der Waals surface area contributed by atoms with E-state index in [2.05, 4.69) is 57.1 Å². The van der Waals surface area contributed by atoms with Crippen molar-refractivity contribution in [2.45, 2.75) is 18.9 Å². The molecule has 1 atom stereocenters. The summed E-state index contributed by atoms with van der Waals surface area (Å²) in [6.45, 7) is 4.69. The first-order valence-electron chi connectivity index (χ1n) is 6.55. The number of piperazine rings is 1. The molecule has 2 fully saturated rings. The third kappa shape index (κ3) is 2.83. The molecule has 1 N–H and O–H groups in total. The fourth-order valence-electron chi connectivity index (χ4n) is 2.84. The summed E-state index contributed by atoms with van der Waals surface area (Å²) in [5.41, 5.74) is 1.53. The number of hydrogen-bond acceptors (Lipinski definition) is 2. The number of rotatable bonds is 3. The van der Waals surface area contributed by atoms with E-state index in [1.54, 1.807) is 0 Å². The van der Waals surface area contributed by atoms with Gasteiger partial charge >= 0.3 is 0 Å². The zero-order valence-electron chi connectivity index (χ0n) is 10.0. The molecule has 1 saturated heterocycles. The SMILES string of the molecule is Ic1cccc([C@H](C2CC2)N2CCNCC2)c1. The molecule has 1 aromatic rings. The van der Waals surface area contributed by atoms with Crippen LogP contribution in [0.4, 0.5) is 0 Å². The van der Waals surface area contributed by atoms with E-state index in [0.717, 1.165) is 19.0 Å². The van der Waals surface area contributed by atoms with Crippen LogP contribution >= 0.6 is 22.6 Å². The van der Waals surface area contributed by atoms with Crippen molar-refractivity contribution in [1.82, 2.24) is 10.2 Å². The highest BCUT2D eigenvalue weighted by molar-refractivity contribution is 14.1. The lowest BCUT2D eigenvalue weighted by Gasteiger charge is -2.35. The zero-order chi connectivity index (χ0) is 11.7. The van der Waals surface area contributed by atoms with Gasteiger partial charge in [-0.3, -0.25) is 4.90 Å². The molecule has 0 spiro atoms. The van der Waals surface area contributed by atoms with E-state index < -0.39 is 0 Å². The number of halogens is 1. The Hall–Kier alpha value is -0.130. The van der Waals surface area contributed by atoms with Crippen LogP contribution in [-0.2, 0) is 0 Å². The summed E-state index contributed by atoms with van der Waals surface area (Å²) in [6, 6.07) is 9.74. The molecule has 1 aliphatic heterocycles. The number of nitrogens with one attached hydrogen (secondary N) is 1. The van der Waals surface area contributed by atoms with Crippen LogP contribution in [0.25, 0.3) is 0 Å². The van der Waals surface area contributed by atoms with Crippen LogP contribution in [-0.4, -0.2) is 31.1 Å². The van der Waals surface area contributed by atoms with Crippen molar-refractivity contribution in [1.29, 1.82) is 0 Å². The van der Waals surface area contributed by atoms with Gasteiger partial charge in [0.2, 0.25) is 0 Å². The maximum atomic E-state index is 3.45. The monoisotopic (exact) mass is 342 g/mol. The van der Waals surface area contributed by atoms with Gasteiger partial charge in [0.25, 0.3) is 0 Å². The van der Waals surface area contributed by atoms with Gasteiger partial charge in [0.05, 0.1) is 0 Å². The van der Waals surface area contributed by atoms with Gasteiger partial charge in [-0.25, -0.2) is 0 Å². The fourth-order valence-corrected chi connectivity index (χ4v) is 3.41. The lowest BCUT2D eigenvalue weighted by molar-refractivity contribution is 0.156. The van der Waals surface area contributed by atoms with Gasteiger partial charge in [-0.2, -0.15) is 0 Å². The van der Waals surface area contributed by atoms with Gasteiger partial charge in [0, 0.05) is 35.8 Å². The minimum Gasteiger partial charge on any atom is -0.314 e. The largest absolute Gasteiger partial charge is 0.314 e. The van der Waals surface area contributed by atoms with Crippen LogP contribution in [0.3, 0.4) is 0 Å². The van der Waals surface area contributed by atoms with Crippen LogP contribution in [0.5, 0.6) is 0 Å². The first-order valence-corrected chi connectivity index (χ1v) is 7.63. The van der Waals surface area contributed by atoms with Gasteiger partial charge in [0.15, 0.2) is 0 Å². The lowest BCUT2D eigenvalue weighted by Crippen LogP contribution is -2.45. The Kier molecular flexibility index (Phi) is 3.68. The van der Waals surface area contributed by atoms with E-state index in [0.29, 0.717) is 6.04 Å². The minimum absolute atomic E-state index is 0.673. The third-order valence-electron chi connectivity index (χ3n) is 3.80. The summed E-state index contributed by atoms with van der Waals surface area (Å²) < 4.78 is 1.36. The Morgan fingerprint density at radius 1 is 1.24 bits per heavy atom. The standard InChI is InChI=1S/C14H19IN2/c15-13-3-1-2-12(10-13)14(11-4-5-11)17-8-6-16-7-9-17/h1-3,10-11,14,16H,4-9H2/t14-/m0/s1. The van der Waals surface area contributed by atoms with E-state index in [1.807, 2.05) is 0 Å². The molecule has 1 aliphatic carbocycles. The molecule has 3 rings (SSSR count). The Labute approximate surface area is 117 Å². The van der Waals surface area contributed by atoms with Gasteiger partial charge in [-0.05, 0) is 59.0 Å². The Morgan fingerprint density at radius 3 is 2.65 bits per heavy atom. The maximum Gasteiger partial charge on any atom is 0.0377 e. The smallest absolute Gasteiger partial charge is 0.0377 e. The van der Waals surface area contributed by atoms with Crippen molar-refractivity contribution < 1.29 is 0 Å². The second kappa shape index (κ2) is 5.24. The molecule has 0 bridgehead atoms. The summed E-state index contributed by atoms with van der Waals surface area (Å²) in [4.78, 5) is 2.68. The first-order chi connectivity index (χ1) is 8.34. The summed E-state index contributed by atoms with van der Waals surface area (Å²) in [6.07, 6.45) is 2.83. The molecule has 0 amide bonds. The molecule has 3 heteroatoms. The van der Waals surface area contributed by atoms with Crippen molar-refractivity contribution in [3.8, 4) is 0 Å². The van der Waals surface area contributed by atoms with Crippen molar-refractivity contribution in [2.75, 3.05) is 26.2 Å². The summed E-state index contributed by atoms with van der Waals surface area (Å²) in [5.74, 6) is 0.909. The molecule has 0 unspecified atom stereocenters. The second-order valence-electron chi connectivity index (χ2n) is 5.12. The summed E-state index contributed by atoms with van der Waals surface area (Å²) in [7, 11) is 0. The van der Waals surface area contributed by atoms with Crippen LogP contribution in [0.2, 0.25) is 0 Å². The molecule has 1 saturated carbocycles. The second-order valence-corrected chi connectivity index (χ2v) is 6.37. The number of nitrogens with zero attached hydrogens (tertiary/aromatic N) is 1. The number of hydrogen-bond donors (Lipinski definition) is 1. The molecule has 2 nitrogen and oxygen atoms in total. The third-order valence-corrected chi connectivity index (χ3v) is 4.47. The van der Waals surface area contributed by atoms with Crippen molar-refractivity contribution >= 4 is 22.6 Å². The predicted molar refractivity (Wildman–Crippen MR) is 79.1 cm³/mol. The fraction of sp³-hybridized carbons (Fsp3) is 0.571. The average molecular weight is 342 g/mol. The molecule has 92 valence electrons. The quantitative estimate of drug-likeness (QED) is 0.850. The van der Waals surface area contributed by atoms with E-state index in [1.165, 1.54) is 35.1 Å². The Bertz CT molecular complexity index is 384. The highest BCUT2D eigenvalue weighted by Crippen LogP contribution is 2.44. The molecule has 0 aromatic heterocycles. The van der Waals surface area contributed by atoms with Crippen molar-refractivity contribution in [2.24, 2.45) is 5.92 Å². The minimum atomic E-state index is 0.673. The Balaban J connectivity index is 1.83. The first kappa shape index (κ1) is 11.9. The van der Waals surface area contributed by atoms with Crippen LogP contribution < -0.4 is 5.32 Å². The van der Waals surface area contributed by atoms with Crippen LogP contribution in [0, 0.1) is 9.49 Å². The van der Waals surface area contributed by atoms with E-state index in [-0.39, 0.29) is 0 Å². The average Bonchev–Trinajstić information content (AvgIpc) is 3.15. The highest BCUT2D eigenvalue weighted by Gasteiger charge is 2.36. The molecular formula is C14H19IN2. The molecule has 17 heavy (non-hydrogen) atoms. The van der Waals surface area contributed by atoms with Crippen LogP contribution in [0.15, 0.2) is 24.3 Å². The molecular weight excluding hydrogens is 323 g/mol. The molecule has 1 heterocycles. The zero-order valence-corrected chi connectivity index (χ0v) is 12.2. The summed E-state index contributed by atoms with van der Waals surface area (Å²) >= 11 is 2.42. The van der Waals surface area contributed by atoms with Gasteiger partial charge in [-0.1, -0.05) is 12.1 Å². The summed E-state index contributed by atoms with van der Waals surface area (Å²) in [5, 5.41) is 3.45. The van der Waals surface area contributed by atoms with E-state index in [4.69, 9.17) is 0 Å². The highest BCUT2D eigenvalue weighted by atomic mass is 127. The maximum absolute atomic E-state index is 3.45. The molecule has 0 radical (unpaired) electrons. The van der Waals surface area contributed by atoms with Gasteiger partial charge in [0.1, 0.15) is 0 Å². The molecule has 1 aromatic carbocycles. The predicted octanol–water partition coefficient (Wildman–Crippen LogP) is 2.65. The van der Waals surface area contributed by atoms with Crippen LogP contribution in [0.1, 0.15) is 24.4 Å². The van der Waals surface area contributed by atoms with E-state index in [9.17, 15) is 0 Å². The molecule has 2 aliphatic rings. The topological polar surface area (TPSA) is 15.3 Å². The van der Waals surface area contributed by atoms with Gasteiger partial charge < -0.3 is 5.32 Å². The lowest BCUT2D eigenvalue weighted by atomic mass is 10.00. The van der Waals surface area contributed by atoms with E-state index >= 15 is 0 Å². The normalized spacial score (nSPS) is 23.6.